The quantitative estimate of drug-likeness (QED) is 0.501. The summed E-state index contributed by atoms with van der Waals surface area (Å²) in [7, 11) is 0. The van der Waals surface area contributed by atoms with Gasteiger partial charge in [0.15, 0.2) is 0 Å². The van der Waals surface area contributed by atoms with Crippen molar-refractivity contribution in [2.45, 2.75) is 19.8 Å². The van der Waals surface area contributed by atoms with Gasteiger partial charge in [-0.2, -0.15) is 4.98 Å². The number of hydrogen-bond acceptors (Lipinski definition) is 6. The smallest absolute Gasteiger partial charge is 0.238 e. The molecule has 1 amide bonds. The minimum atomic E-state index is -0.186. The third kappa shape index (κ3) is 3.98. The van der Waals surface area contributed by atoms with Gasteiger partial charge in [-0.1, -0.05) is 53.7 Å². The van der Waals surface area contributed by atoms with Gasteiger partial charge in [0.2, 0.25) is 17.6 Å². The summed E-state index contributed by atoms with van der Waals surface area (Å²) in [6, 6.07) is 19.4. The van der Waals surface area contributed by atoms with E-state index in [0.717, 1.165) is 22.0 Å². The number of nitrogens with zero attached hydrogens (tertiary/aromatic N) is 3. The van der Waals surface area contributed by atoms with Crippen molar-refractivity contribution in [2.24, 2.45) is 0 Å². The van der Waals surface area contributed by atoms with Crippen molar-refractivity contribution in [1.82, 2.24) is 20.6 Å². The van der Waals surface area contributed by atoms with E-state index in [-0.39, 0.29) is 12.3 Å². The van der Waals surface area contributed by atoms with Crippen LogP contribution < -0.4 is 10.9 Å². The molecule has 0 aliphatic rings. The van der Waals surface area contributed by atoms with E-state index in [1.54, 1.807) is 0 Å². The summed E-state index contributed by atoms with van der Waals surface area (Å²) >= 11 is 0. The molecule has 0 spiro atoms. The van der Waals surface area contributed by atoms with Crippen molar-refractivity contribution in [2.75, 3.05) is 5.43 Å². The van der Waals surface area contributed by atoms with E-state index < -0.39 is 0 Å². The molecule has 2 aromatic heterocycles. The number of carbonyl (C=O) groups excluding carboxylic acids is 1. The molecule has 0 fully saturated rings. The molecule has 7 nitrogen and oxygen atoms in total. The second-order valence-corrected chi connectivity index (χ2v) is 6.40. The first-order chi connectivity index (χ1) is 13.7. The molecule has 2 heterocycles. The molecule has 0 aliphatic heterocycles. The molecule has 4 aromatic rings. The number of benzene rings is 2. The molecule has 2 N–H and O–H groups in total. The molecule has 4 rings (SSSR count). The summed E-state index contributed by atoms with van der Waals surface area (Å²) in [5, 5.41) is 5.01. The molecule has 0 saturated heterocycles. The van der Waals surface area contributed by atoms with E-state index in [1.165, 1.54) is 0 Å². The number of amides is 1. The Morgan fingerprint density at radius 3 is 2.68 bits per heavy atom. The van der Waals surface area contributed by atoms with E-state index in [4.69, 9.17) is 4.52 Å². The van der Waals surface area contributed by atoms with Crippen LogP contribution in [0.15, 0.2) is 65.2 Å². The lowest BCUT2D eigenvalue weighted by molar-refractivity contribution is -0.120. The number of hydrogen-bond donors (Lipinski definition) is 2. The number of fused-ring (bicyclic) bond motifs is 1. The van der Waals surface area contributed by atoms with Gasteiger partial charge in [-0.25, -0.2) is 4.98 Å². The van der Waals surface area contributed by atoms with Crippen LogP contribution in [0.5, 0.6) is 0 Å². The van der Waals surface area contributed by atoms with Crippen LogP contribution in [0.4, 0.5) is 5.82 Å². The normalized spacial score (nSPS) is 10.8. The van der Waals surface area contributed by atoms with Crippen LogP contribution in [0.25, 0.3) is 22.3 Å². The topological polar surface area (TPSA) is 92.9 Å². The highest BCUT2D eigenvalue weighted by atomic mass is 16.5. The summed E-state index contributed by atoms with van der Waals surface area (Å²) in [6.45, 7) is 1.94. The number of hydrazine groups is 1. The minimum Gasteiger partial charge on any atom is -0.339 e. The van der Waals surface area contributed by atoms with Gasteiger partial charge in [0.05, 0.1) is 5.52 Å². The molecule has 0 radical (unpaired) electrons. The third-order valence-electron chi connectivity index (χ3n) is 4.30. The summed E-state index contributed by atoms with van der Waals surface area (Å²) in [5.74, 6) is 1.38. The first-order valence-corrected chi connectivity index (χ1v) is 8.98. The van der Waals surface area contributed by atoms with Crippen molar-refractivity contribution in [3.05, 3.63) is 72.1 Å². The van der Waals surface area contributed by atoms with Crippen molar-refractivity contribution in [3.8, 4) is 11.4 Å². The highest BCUT2D eigenvalue weighted by Gasteiger charge is 2.11. The number of pyridine rings is 1. The maximum atomic E-state index is 12.2. The van der Waals surface area contributed by atoms with E-state index in [0.29, 0.717) is 24.0 Å². The molecule has 0 aliphatic carbocycles. The molecule has 0 bridgehead atoms. The van der Waals surface area contributed by atoms with Gasteiger partial charge in [-0.3, -0.25) is 15.6 Å². The Hall–Kier alpha value is -3.74. The largest absolute Gasteiger partial charge is 0.339 e. The van der Waals surface area contributed by atoms with Gasteiger partial charge in [0, 0.05) is 23.8 Å². The van der Waals surface area contributed by atoms with E-state index in [1.807, 2.05) is 67.6 Å². The standard InChI is InChI=1S/C21H19N5O2/c1-14-13-16-9-5-6-10-17(16)22-20(14)25-24-18(27)11-12-19-23-21(26-28-19)15-7-3-2-4-8-15/h2-10,13H,11-12H2,1H3,(H,22,25)(H,24,27). The fourth-order valence-corrected chi connectivity index (χ4v) is 2.82. The van der Waals surface area contributed by atoms with Crippen LogP contribution in [0.3, 0.4) is 0 Å². The van der Waals surface area contributed by atoms with Gasteiger partial charge in [0.1, 0.15) is 5.82 Å². The first-order valence-electron chi connectivity index (χ1n) is 8.98. The molecular weight excluding hydrogens is 354 g/mol. The Balaban J connectivity index is 1.33. The van der Waals surface area contributed by atoms with Crippen LogP contribution in [-0.2, 0) is 11.2 Å². The summed E-state index contributed by atoms with van der Waals surface area (Å²) in [6.07, 6.45) is 0.577. The molecular formula is C21H19N5O2. The van der Waals surface area contributed by atoms with Gasteiger partial charge in [-0.05, 0) is 24.6 Å². The molecule has 2 aromatic carbocycles. The van der Waals surface area contributed by atoms with E-state index >= 15 is 0 Å². The Kier molecular flexibility index (Phi) is 4.97. The predicted octanol–water partition coefficient (Wildman–Crippen LogP) is 3.67. The first kappa shape index (κ1) is 17.7. The fourth-order valence-electron chi connectivity index (χ4n) is 2.82. The number of rotatable bonds is 6. The highest BCUT2D eigenvalue weighted by molar-refractivity contribution is 5.82. The number of aryl methyl sites for hydroxylation is 2. The predicted molar refractivity (Wildman–Crippen MR) is 106 cm³/mol. The van der Waals surface area contributed by atoms with Crippen LogP contribution in [0.2, 0.25) is 0 Å². The highest BCUT2D eigenvalue weighted by Crippen LogP contribution is 2.19. The molecule has 140 valence electrons. The zero-order valence-electron chi connectivity index (χ0n) is 15.3. The third-order valence-corrected chi connectivity index (χ3v) is 4.30. The maximum Gasteiger partial charge on any atom is 0.238 e. The minimum absolute atomic E-state index is 0.186. The Morgan fingerprint density at radius 1 is 1.04 bits per heavy atom. The zero-order chi connectivity index (χ0) is 19.3. The summed E-state index contributed by atoms with van der Waals surface area (Å²) in [5.41, 5.74) is 8.26. The van der Waals surface area contributed by atoms with Crippen molar-refractivity contribution in [3.63, 3.8) is 0 Å². The molecule has 28 heavy (non-hydrogen) atoms. The molecule has 0 atom stereocenters. The molecule has 0 unspecified atom stereocenters. The Morgan fingerprint density at radius 2 is 1.82 bits per heavy atom. The van der Waals surface area contributed by atoms with Gasteiger partial charge >= 0.3 is 0 Å². The van der Waals surface area contributed by atoms with Crippen LogP contribution in [0.1, 0.15) is 17.9 Å². The summed E-state index contributed by atoms with van der Waals surface area (Å²) < 4.78 is 5.23. The molecule has 0 saturated carbocycles. The van der Waals surface area contributed by atoms with Crippen LogP contribution >= 0.6 is 0 Å². The second kappa shape index (κ2) is 7.87. The number of nitrogens with one attached hydrogen (secondary N) is 2. The van der Waals surface area contributed by atoms with E-state index in [2.05, 4.69) is 26.0 Å². The fraction of sp³-hybridized carbons (Fsp3) is 0.143. The monoisotopic (exact) mass is 373 g/mol. The Bertz CT molecular complexity index is 1110. The van der Waals surface area contributed by atoms with Crippen molar-refractivity contribution in [1.29, 1.82) is 0 Å². The van der Waals surface area contributed by atoms with E-state index in [9.17, 15) is 4.79 Å². The lowest BCUT2D eigenvalue weighted by Gasteiger charge is -2.11. The maximum absolute atomic E-state index is 12.2. The number of para-hydroxylation sites is 1. The number of carbonyl (C=O) groups is 1. The second-order valence-electron chi connectivity index (χ2n) is 6.40. The number of anilines is 1. The average molecular weight is 373 g/mol. The number of aromatic nitrogens is 3. The zero-order valence-corrected chi connectivity index (χ0v) is 15.3. The van der Waals surface area contributed by atoms with Crippen LogP contribution in [-0.4, -0.2) is 21.0 Å². The van der Waals surface area contributed by atoms with Crippen molar-refractivity contribution >= 4 is 22.6 Å². The lowest BCUT2D eigenvalue weighted by atomic mass is 10.1. The average Bonchev–Trinajstić information content (AvgIpc) is 3.20. The van der Waals surface area contributed by atoms with Crippen LogP contribution in [0, 0.1) is 6.92 Å². The lowest BCUT2D eigenvalue weighted by Crippen LogP contribution is -2.30. The Labute approximate surface area is 161 Å². The van der Waals surface area contributed by atoms with Crippen molar-refractivity contribution < 1.29 is 9.32 Å². The van der Waals surface area contributed by atoms with Gasteiger partial charge < -0.3 is 4.52 Å². The SMILES string of the molecule is Cc1cc2ccccc2nc1NNC(=O)CCc1nc(-c2ccccc2)no1. The van der Waals surface area contributed by atoms with Gasteiger partial charge in [-0.15, -0.1) is 0 Å². The molecule has 7 heteroatoms. The van der Waals surface area contributed by atoms with Gasteiger partial charge in [0.25, 0.3) is 0 Å². The summed E-state index contributed by atoms with van der Waals surface area (Å²) in [4.78, 5) is 21.0.